The topological polar surface area (TPSA) is 41.1 Å². The lowest BCUT2D eigenvalue weighted by atomic mass is 10.0. The van der Waals surface area contributed by atoms with Crippen molar-refractivity contribution in [1.82, 2.24) is 9.97 Å². The van der Waals surface area contributed by atoms with E-state index >= 15 is 0 Å². The summed E-state index contributed by atoms with van der Waals surface area (Å²) in [7, 11) is 0. The van der Waals surface area contributed by atoms with Crippen LogP contribution in [0.5, 0.6) is 0 Å². The summed E-state index contributed by atoms with van der Waals surface area (Å²) in [4.78, 5) is 11.4. The molecule has 1 aromatic heterocycles. The number of rotatable bonds is 3. The van der Waals surface area contributed by atoms with Crippen LogP contribution in [0.4, 0.5) is 11.8 Å². The molecular weight excluding hydrogens is 260 g/mol. The van der Waals surface area contributed by atoms with Gasteiger partial charge in [0.2, 0.25) is 5.95 Å². The average molecular weight is 282 g/mol. The molecule has 4 nitrogen and oxygen atoms in total. The maximum absolute atomic E-state index is 4.70. The number of aryl methyl sites for hydroxylation is 2. The van der Waals surface area contributed by atoms with Crippen molar-refractivity contribution < 1.29 is 0 Å². The van der Waals surface area contributed by atoms with Crippen LogP contribution in [0.2, 0.25) is 0 Å². The fourth-order valence-corrected chi connectivity index (χ4v) is 2.88. The minimum Gasteiger partial charge on any atom is -0.354 e. The van der Waals surface area contributed by atoms with Crippen molar-refractivity contribution in [3.05, 3.63) is 47.2 Å². The Bertz CT molecular complexity index is 624. The third kappa shape index (κ3) is 2.99. The van der Waals surface area contributed by atoms with Crippen molar-refractivity contribution in [3.63, 3.8) is 0 Å². The Kier molecular flexibility index (Phi) is 4.04. The van der Waals surface area contributed by atoms with Gasteiger partial charge < -0.3 is 10.2 Å². The quantitative estimate of drug-likeness (QED) is 0.939. The third-order valence-corrected chi connectivity index (χ3v) is 3.93. The molecule has 0 saturated carbocycles. The monoisotopic (exact) mass is 282 g/mol. The van der Waals surface area contributed by atoms with Crippen LogP contribution in [-0.2, 0) is 13.0 Å². The molecule has 1 aromatic carbocycles. The van der Waals surface area contributed by atoms with E-state index < -0.39 is 0 Å². The van der Waals surface area contributed by atoms with E-state index in [1.807, 2.05) is 6.20 Å². The maximum atomic E-state index is 4.70. The van der Waals surface area contributed by atoms with Gasteiger partial charge in [0, 0.05) is 31.4 Å². The predicted octanol–water partition coefficient (Wildman–Crippen LogP) is 3.17. The second kappa shape index (κ2) is 6.12. The van der Waals surface area contributed by atoms with Crippen molar-refractivity contribution in [2.24, 2.45) is 0 Å². The lowest BCUT2D eigenvalue weighted by Crippen LogP contribution is -2.25. The second-order valence-electron chi connectivity index (χ2n) is 5.52. The Morgan fingerprint density at radius 2 is 2.05 bits per heavy atom. The largest absolute Gasteiger partial charge is 0.354 e. The van der Waals surface area contributed by atoms with Crippen LogP contribution < -0.4 is 10.2 Å². The van der Waals surface area contributed by atoms with E-state index in [9.17, 15) is 0 Å². The highest BCUT2D eigenvalue weighted by atomic mass is 15.2. The summed E-state index contributed by atoms with van der Waals surface area (Å²) in [6.07, 6.45) is 4.23. The van der Waals surface area contributed by atoms with E-state index in [0.29, 0.717) is 0 Å². The molecule has 0 saturated heterocycles. The minimum atomic E-state index is 0.718. The first-order valence-corrected chi connectivity index (χ1v) is 7.67. The van der Waals surface area contributed by atoms with Gasteiger partial charge >= 0.3 is 0 Å². The zero-order valence-electron chi connectivity index (χ0n) is 12.8. The summed E-state index contributed by atoms with van der Waals surface area (Å²) < 4.78 is 0. The highest BCUT2D eigenvalue weighted by Crippen LogP contribution is 2.25. The molecule has 2 heterocycles. The summed E-state index contributed by atoms with van der Waals surface area (Å²) in [6.45, 7) is 6.95. The summed E-state index contributed by atoms with van der Waals surface area (Å²) in [5.74, 6) is 1.77. The van der Waals surface area contributed by atoms with E-state index in [4.69, 9.17) is 4.98 Å². The maximum Gasteiger partial charge on any atom is 0.224 e. The molecule has 21 heavy (non-hydrogen) atoms. The highest BCUT2D eigenvalue weighted by molar-refractivity contribution is 5.50. The van der Waals surface area contributed by atoms with Gasteiger partial charge in [-0.15, -0.1) is 0 Å². The summed E-state index contributed by atoms with van der Waals surface area (Å²) in [5.41, 5.74) is 4.02. The molecule has 0 radical (unpaired) electrons. The first-order valence-electron chi connectivity index (χ1n) is 7.67. The molecule has 4 heteroatoms. The van der Waals surface area contributed by atoms with E-state index in [-0.39, 0.29) is 0 Å². The molecule has 0 aliphatic carbocycles. The van der Waals surface area contributed by atoms with E-state index in [2.05, 4.69) is 53.3 Å². The van der Waals surface area contributed by atoms with E-state index in [1.165, 1.54) is 11.1 Å². The SMILES string of the molecule is CCNc1ncc(C)c(N2CCCc3ccccc3C2)n1. The Hall–Kier alpha value is -2.10. The van der Waals surface area contributed by atoms with E-state index in [1.54, 1.807) is 0 Å². The van der Waals surface area contributed by atoms with Crippen molar-refractivity contribution in [2.45, 2.75) is 33.2 Å². The predicted molar refractivity (Wildman–Crippen MR) is 86.7 cm³/mol. The summed E-state index contributed by atoms with van der Waals surface area (Å²) in [5, 5.41) is 3.20. The summed E-state index contributed by atoms with van der Waals surface area (Å²) >= 11 is 0. The van der Waals surface area contributed by atoms with Crippen molar-refractivity contribution in [1.29, 1.82) is 0 Å². The van der Waals surface area contributed by atoms with Crippen LogP contribution in [0.25, 0.3) is 0 Å². The van der Waals surface area contributed by atoms with Gasteiger partial charge in [-0.1, -0.05) is 24.3 Å². The van der Waals surface area contributed by atoms with Gasteiger partial charge in [-0.2, -0.15) is 4.98 Å². The van der Waals surface area contributed by atoms with Gasteiger partial charge in [-0.25, -0.2) is 4.98 Å². The van der Waals surface area contributed by atoms with Crippen LogP contribution in [-0.4, -0.2) is 23.1 Å². The van der Waals surface area contributed by atoms with Crippen molar-refractivity contribution in [2.75, 3.05) is 23.3 Å². The zero-order chi connectivity index (χ0) is 14.7. The molecule has 1 aliphatic rings. The van der Waals surface area contributed by atoms with Crippen LogP contribution in [0, 0.1) is 6.92 Å². The number of anilines is 2. The molecule has 2 aromatic rings. The second-order valence-corrected chi connectivity index (χ2v) is 5.52. The van der Waals surface area contributed by atoms with Crippen LogP contribution >= 0.6 is 0 Å². The van der Waals surface area contributed by atoms with Gasteiger partial charge in [-0.05, 0) is 37.8 Å². The lowest BCUT2D eigenvalue weighted by molar-refractivity contribution is 0.749. The molecule has 0 amide bonds. The molecule has 3 rings (SSSR count). The first-order chi connectivity index (χ1) is 10.3. The average Bonchev–Trinajstić information content (AvgIpc) is 2.71. The molecule has 0 bridgehead atoms. The highest BCUT2D eigenvalue weighted by Gasteiger charge is 2.17. The van der Waals surface area contributed by atoms with Crippen LogP contribution in [0.1, 0.15) is 30.0 Å². The zero-order valence-corrected chi connectivity index (χ0v) is 12.8. The standard InChI is InChI=1S/C17H22N4/c1-3-18-17-19-11-13(2)16(20-17)21-10-6-9-14-7-4-5-8-15(14)12-21/h4-5,7-8,11H,3,6,9-10,12H2,1-2H3,(H,18,19,20). The molecule has 1 N–H and O–H groups in total. The molecule has 110 valence electrons. The van der Waals surface area contributed by atoms with Gasteiger partial charge in [0.05, 0.1) is 0 Å². The number of aromatic nitrogens is 2. The van der Waals surface area contributed by atoms with Crippen LogP contribution in [0.15, 0.2) is 30.5 Å². The van der Waals surface area contributed by atoms with Crippen molar-refractivity contribution in [3.8, 4) is 0 Å². The molecule has 0 spiro atoms. The van der Waals surface area contributed by atoms with Gasteiger partial charge in [0.1, 0.15) is 5.82 Å². The molecule has 0 unspecified atom stereocenters. The summed E-state index contributed by atoms with van der Waals surface area (Å²) in [6, 6.07) is 8.73. The number of hydrogen-bond acceptors (Lipinski definition) is 4. The van der Waals surface area contributed by atoms with Crippen LogP contribution in [0.3, 0.4) is 0 Å². The number of nitrogens with zero attached hydrogens (tertiary/aromatic N) is 3. The van der Waals surface area contributed by atoms with Gasteiger partial charge in [0.15, 0.2) is 0 Å². The normalized spacial score (nSPS) is 14.5. The van der Waals surface area contributed by atoms with Crippen molar-refractivity contribution >= 4 is 11.8 Å². The number of nitrogens with one attached hydrogen (secondary N) is 1. The molecule has 1 aliphatic heterocycles. The number of hydrogen-bond donors (Lipinski definition) is 1. The fraction of sp³-hybridized carbons (Fsp3) is 0.412. The fourth-order valence-electron chi connectivity index (χ4n) is 2.88. The Morgan fingerprint density at radius 3 is 2.86 bits per heavy atom. The smallest absolute Gasteiger partial charge is 0.224 e. The Labute approximate surface area is 126 Å². The third-order valence-electron chi connectivity index (χ3n) is 3.93. The lowest BCUT2D eigenvalue weighted by Gasteiger charge is -2.24. The minimum absolute atomic E-state index is 0.718. The Morgan fingerprint density at radius 1 is 1.24 bits per heavy atom. The van der Waals surface area contributed by atoms with Gasteiger partial charge in [-0.3, -0.25) is 0 Å². The number of benzene rings is 1. The number of fused-ring (bicyclic) bond motifs is 1. The molecule has 0 fully saturated rings. The first kappa shape index (κ1) is 13.9. The Balaban J connectivity index is 1.91. The van der Waals surface area contributed by atoms with E-state index in [0.717, 1.165) is 49.8 Å². The van der Waals surface area contributed by atoms with Gasteiger partial charge in [0.25, 0.3) is 0 Å². The molecular formula is C17H22N4. The molecule has 0 atom stereocenters.